The molecule has 1 aromatic carbocycles. The number of carbonyl (C=O) groups is 2. The lowest BCUT2D eigenvalue weighted by Crippen LogP contribution is -2.58. The molecule has 0 bridgehead atoms. The molecule has 3 aliphatic heterocycles. The lowest BCUT2D eigenvalue weighted by molar-refractivity contribution is -0.130. The molecule has 3 N–H and O–H groups in total. The molecule has 2 amide bonds. The minimum atomic E-state index is -0.439. The van der Waals surface area contributed by atoms with Gasteiger partial charge >= 0.3 is 6.09 Å². The van der Waals surface area contributed by atoms with Crippen LogP contribution in [0.4, 0.5) is 22.4 Å². The molecule has 5 rings (SSSR count). The Balaban J connectivity index is 1.34. The molecule has 2 fully saturated rings. The molecular formula is C29H39N7O4. The van der Waals surface area contributed by atoms with Gasteiger partial charge in [-0.2, -0.15) is 9.97 Å². The summed E-state index contributed by atoms with van der Waals surface area (Å²) >= 11 is 0. The highest BCUT2D eigenvalue weighted by atomic mass is 16.6. The molecule has 0 radical (unpaired) electrons. The van der Waals surface area contributed by atoms with Gasteiger partial charge < -0.3 is 25.4 Å². The Morgan fingerprint density at radius 3 is 2.40 bits per heavy atom. The van der Waals surface area contributed by atoms with Crippen molar-refractivity contribution in [1.82, 2.24) is 19.8 Å². The average Bonchev–Trinajstić information content (AvgIpc) is 2.97. The number of hydrogen-bond acceptors (Lipinski definition) is 9. The predicted octanol–water partition coefficient (Wildman–Crippen LogP) is 3.43. The number of nitrogens with two attached hydrogens (primary N) is 1. The monoisotopic (exact) mass is 549 g/mol. The summed E-state index contributed by atoms with van der Waals surface area (Å²) in [5.74, 6) is 1.14. The van der Waals surface area contributed by atoms with E-state index < -0.39 is 6.09 Å². The second kappa shape index (κ2) is 11.4. The summed E-state index contributed by atoms with van der Waals surface area (Å²) in [5.41, 5.74) is 9.07. The number of hydrogen-bond donors (Lipinski definition) is 2. The summed E-state index contributed by atoms with van der Waals surface area (Å²) < 4.78 is 11.0. The van der Waals surface area contributed by atoms with Crippen molar-refractivity contribution >= 4 is 29.6 Å². The van der Waals surface area contributed by atoms with Gasteiger partial charge in [0.25, 0.3) is 0 Å². The van der Waals surface area contributed by atoms with E-state index in [1.54, 1.807) is 0 Å². The van der Waals surface area contributed by atoms with Crippen molar-refractivity contribution in [3.05, 3.63) is 53.6 Å². The number of anilines is 3. The summed E-state index contributed by atoms with van der Waals surface area (Å²) in [6, 6.07) is 8.45. The fourth-order valence-corrected chi connectivity index (χ4v) is 5.98. The largest absolute Gasteiger partial charge is 0.444 e. The minimum absolute atomic E-state index is 0.00646. The number of nitrogens with zero attached hydrogens (tertiary/aromatic N) is 5. The van der Waals surface area contributed by atoms with Gasteiger partial charge in [0.15, 0.2) is 5.82 Å². The molecule has 2 saturated heterocycles. The van der Waals surface area contributed by atoms with Crippen molar-refractivity contribution in [3.8, 4) is 0 Å². The molecule has 11 heteroatoms. The maximum Gasteiger partial charge on any atom is 0.416 e. The van der Waals surface area contributed by atoms with E-state index in [0.29, 0.717) is 49.5 Å². The molecule has 214 valence electrons. The van der Waals surface area contributed by atoms with Crippen LogP contribution in [0, 0.1) is 0 Å². The van der Waals surface area contributed by atoms with Crippen LogP contribution in [0.5, 0.6) is 0 Å². The second-order valence-corrected chi connectivity index (χ2v) is 10.9. The standard InChI is InChI=1S/C29H39N7O4/c1-5-24(37)34-12-14-35(15-13-34)29(10-16-39-17-11-29)22-8-6-21(7-9-22)20(4)31-27-32-25(30)23-18-40-28(38)36(19(2)3)26(23)33-27/h5-9,19-20H,1,10-18H2,2-4H3,(H3,30,31,32,33)/t20-/m0/s1. The maximum absolute atomic E-state index is 12.4. The molecule has 1 aromatic heterocycles. The van der Waals surface area contributed by atoms with Crippen molar-refractivity contribution in [3.63, 3.8) is 0 Å². The van der Waals surface area contributed by atoms with Gasteiger partial charge in [0, 0.05) is 45.4 Å². The number of amides is 2. The van der Waals surface area contributed by atoms with Crippen LogP contribution in [-0.2, 0) is 26.4 Å². The zero-order valence-corrected chi connectivity index (χ0v) is 23.6. The van der Waals surface area contributed by atoms with E-state index in [9.17, 15) is 9.59 Å². The third-order valence-electron chi connectivity index (χ3n) is 8.28. The van der Waals surface area contributed by atoms with Gasteiger partial charge in [-0.25, -0.2) is 4.79 Å². The smallest absolute Gasteiger partial charge is 0.416 e. The zero-order valence-electron chi connectivity index (χ0n) is 23.6. The summed E-state index contributed by atoms with van der Waals surface area (Å²) in [5, 5.41) is 3.36. The van der Waals surface area contributed by atoms with E-state index >= 15 is 0 Å². The van der Waals surface area contributed by atoms with Gasteiger partial charge in [-0.1, -0.05) is 30.8 Å². The van der Waals surface area contributed by atoms with Gasteiger partial charge in [-0.15, -0.1) is 0 Å². The molecule has 4 heterocycles. The fraction of sp³-hybridized carbons (Fsp3) is 0.517. The third kappa shape index (κ3) is 5.23. The number of carbonyl (C=O) groups excluding carboxylic acids is 2. The van der Waals surface area contributed by atoms with Crippen LogP contribution in [0.1, 0.15) is 56.3 Å². The molecule has 0 saturated carbocycles. The lowest BCUT2D eigenvalue weighted by Gasteiger charge is -2.50. The van der Waals surface area contributed by atoms with E-state index in [4.69, 9.17) is 15.2 Å². The van der Waals surface area contributed by atoms with Crippen LogP contribution in [0.3, 0.4) is 0 Å². The lowest BCUT2D eigenvalue weighted by atomic mass is 9.80. The van der Waals surface area contributed by atoms with Crippen molar-refractivity contribution in [1.29, 1.82) is 0 Å². The van der Waals surface area contributed by atoms with Crippen molar-refractivity contribution < 1.29 is 19.1 Å². The first-order chi connectivity index (χ1) is 19.2. The number of piperazine rings is 1. The van der Waals surface area contributed by atoms with Crippen molar-refractivity contribution in [2.75, 3.05) is 55.3 Å². The van der Waals surface area contributed by atoms with Gasteiger partial charge in [-0.05, 0) is 50.8 Å². The van der Waals surface area contributed by atoms with E-state index in [-0.39, 0.29) is 30.1 Å². The Kier molecular flexibility index (Phi) is 7.95. The number of benzene rings is 1. The Morgan fingerprint density at radius 2 is 1.77 bits per heavy atom. The van der Waals surface area contributed by atoms with E-state index in [1.807, 2.05) is 25.7 Å². The second-order valence-electron chi connectivity index (χ2n) is 10.9. The Bertz CT molecular complexity index is 1250. The topological polar surface area (TPSA) is 126 Å². The highest BCUT2D eigenvalue weighted by Gasteiger charge is 2.41. The number of rotatable bonds is 7. The molecule has 0 unspecified atom stereocenters. The van der Waals surface area contributed by atoms with Crippen LogP contribution in [0.15, 0.2) is 36.9 Å². The summed E-state index contributed by atoms with van der Waals surface area (Å²) in [6.45, 7) is 14.0. The first kappa shape index (κ1) is 27.9. The average molecular weight is 550 g/mol. The SMILES string of the molecule is C=CC(=O)N1CCN(C2(c3ccc([C@H](C)Nc4nc(N)c5c(n4)N(C(C)C)C(=O)OC5)cc3)CCOCC2)CC1. The molecule has 40 heavy (non-hydrogen) atoms. The van der Waals surface area contributed by atoms with E-state index in [2.05, 4.69) is 51.0 Å². The van der Waals surface area contributed by atoms with Crippen LogP contribution in [0.2, 0.25) is 0 Å². The van der Waals surface area contributed by atoms with Crippen molar-refractivity contribution in [2.45, 2.75) is 57.8 Å². The minimum Gasteiger partial charge on any atom is -0.444 e. The number of fused-ring (bicyclic) bond motifs is 1. The van der Waals surface area contributed by atoms with Gasteiger partial charge in [0.05, 0.1) is 17.1 Å². The first-order valence-corrected chi connectivity index (χ1v) is 14.0. The number of cyclic esters (lactones) is 1. The molecule has 0 aliphatic carbocycles. The molecule has 3 aliphatic rings. The fourth-order valence-electron chi connectivity index (χ4n) is 5.98. The van der Waals surface area contributed by atoms with Crippen LogP contribution >= 0.6 is 0 Å². The Morgan fingerprint density at radius 1 is 1.10 bits per heavy atom. The summed E-state index contributed by atoms with van der Waals surface area (Å²) in [7, 11) is 0. The number of nitrogens with one attached hydrogen (secondary N) is 1. The highest BCUT2D eigenvalue weighted by molar-refractivity contribution is 5.91. The van der Waals surface area contributed by atoms with Crippen LogP contribution in [0.25, 0.3) is 0 Å². The predicted molar refractivity (Wildman–Crippen MR) is 153 cm³/mol. The summed E-state index contributed by atoms with van der Waals surface area (Å²) in [4.78, 5) is 39.5. The molecular weight excluding hydrogens is 510 g/mol. The van der Waals surface area contributed by atoms with Crippen molar-refractivity contribution in [2.24, 2.45) is 0 Å². The number of nitrogen functional groups attached to an aromatic ring is 1. The molecule has 1 atom stereocenters. The zero-order chi connectivity index (χ0) is 28.4. The van der Waals surface area contributed by atoms with Crippen LogP contribution in [-0.4, -0.2) is 77.2 Å². The van der Waals surface area contributed by atoms with Gasteiger partial charge in [-0.3, -0.25) is 14.6 Å². The quantitative estimate of drug-likeness (QED) is 0.500. The maximum atomic E-state index is 12.4. The van der Waals surface area contributed by atoms with Gasteiger partial charge in [0.2, 0.25) is 11.9 Å². The normalized spacial score (nSPS) is 20.1. The number of aromatic nitrogens is 2. The molecule has 0 spiro atoms. The summed E-state index contributed by atoms with van der Waals surface area (Å²) in [6.07, 6.45) is 2.77. The molecule has 2 aromatic rings. The highest BCUT2D eigenvalue weighted by Crippen LogP contribution is 2.39. The van der Waals surface area contributed by atoms with E-state index in [0.717, 1.165) is 31.5 Å². The third-order valence-corrected chi connectivity index (χ3v) is 8.28. The molecule has 11 nitrogen and oxygen atoms in total. The Hall–Kier alpha value is -3.70. The van der Waals surface area contributed by atoms with E-state index in [1.165, 1.54) is 16.5 Å². The number of ether oxygens (including phenoxy) is 2. The first-order valence-electron chi connectivity index (χ1n) is 14.0. The Labute approximate surface area is 235 Å². The van der Waals surface area contributed by atoms with Gasteiger partial charge in [0.1, 0.15) is 12.4 Å². The van der Waals surface area contributed by atoms with Crippen LogP contribution < -0.4 is 16.0 Å².